The molecule has 0 unspecified atom stereocenters. The summed E-state index contributed by atoms with van der Waals surface area (Å²) < 4.78 is 0. The van der Waals surface area contributed by atoms with E-state index in [4.69, 9.17) is 0 Å². The average molecular weight is 500 g/mol. The van der Waals surface area contributed by atoms with Gasteiger partial charge in [-0.05, 0) is 42.5 Å². The summed E-state index contributed by atoms with van der Waals surface area (Å²) >= 11 is 1.50. The third kappa shape index (κ3) is 5.70. The van der Waals surface area contributed by atoms with Gasteiger partial charge in [0.05, 0.1) is 34.2 Å². The molecule has 0 bridgehead atoms. The summed E-state index contributed by atoms with van der Waals surface area (Å²) in [5, 5.41) is 16.6. The number of nitrogens with one attached hydrogen (secondary N) is 2. The monoisotopic (exact) mass is 499 g/mol. The molecule has 4 rings (SSSR count). The van der Waals surface area contributed by atoms with Crippen LogP contribution in [0, 0.1) is 0 Å². The number of anilines is 5. The molecular weight excluding hydrogens is 473 g/mol. The molecule has 1 heterocycles. The molecule has 2 amide bonds. The number of carboxylic acid groups (broad SMARTS) is 1. The molecule has 0 aliphatic carbocycles. The van der Waals surface area contributed by atoms with Crippen molar-refractivity contribution in [3.8, 4) is 0 Å². The van der Waals surface area contributed by atoms with Gasteiger partial charge in [-0.1, -0.05) is 30.0 Å². The van der Waals surface area contributed by atoms with Gasteiger partial charge in [0, 0.05) is 44.5 Å². The van der Waals surface area contributed by atoms with Crippen LogP contribution in [0.25, 0.3) is 0 Å². The molecule has 8 nitrogen and oxygen atoms in total. The molecule has 35 heavy (non-hydrogen) atoms. The van der Waals surface area contributed by atoms with E-state index < -0.39 is 6.09 Å². The first-order valence-electron chi connectivity index (χ1n) is 10.7. The van der Waals surface area contributed by atoms with Crippen molar-refractivity contribution in [3.63, 3.8) is 0 Å². The molecule has 0 saturated carbocycles. The Morgan fingerprint density at radius 2 is 1.63 bits per heavy atom. The normalized spacial score (nSPS) is 11.5. The fourth-order valence-corrected chi connectivity index (χ4v) is 5.09. The first-order chi connectivity index (χ1) is 16.3. The van der Waals surface area contributed by atoms with Crippen LogP contribution in [0.2, 0.25) is 0 Å². The van der Waals surface area contributed by atoms with Crippen molar-refractivity contribution in [1.29, 1.82) is 0 Å². The van der Waals surface area contributed by atoms with Crippen molar-refractivity contribution in [3.05, 3.63) is 66.2 Å². The van der Waals surface area contributed by atoms with E-state index in [1.54, 1.807) is 0 Å². The summed E-state index contributed by atoms with van der Waals surface area (Å²) in [5.41, 5.74) is 4.58. The van der Waals surface area contributed by atoms with Crippen LogP contribution in [-0.4, -0.2) is 46.9 Å². The Labute approximate surface area is 231 Å². The second-order valence-corrected chi connectivity index (χ2v) is 9.27. The maximum absolute atomic E-state index is 13.6. The maximum atomic E-state index is 13.6. The van der Waals surface area contributed by atoms with E-state index >= 15 is 0 Å². The Morgan fingerprint density at radius 1 is 0.943 bits per heavy atom. The number of hydrogen-bond donors (Lipinski definition) is 2. The Balaban J connectivity index is 0.00000342. The summed E-state index contributed by atoms with van der Waals surface area (Å²) in [6.07, 6.45) is -1.36. The standard InChI is InChI=1S/C25H27N5O3S.Na/c1-28(2)17-10-11-18-21(14-17)34-23-20(30(18)15-26-25(32)33)13-12-19(29(3)4)22(23)24(31)27-16-8-6-5-7-9-16;/h5-14,26H,15H2,1-4H3,(H,27,31)(H,32,33);/q;+1/p-1. The van der Waals surface area contributed by atoms with Crippen LogP contribution in [-0.2, 0) is 0 Å². The molecule has 0 fully saturated rings. The summed E-state index contributed by atoms with van der Waals surface area (Å²) in [5.74, 6) is -0.237. The first-order valence-corrected chi connectivity index (χ1v) is 11.5. The van der Waals surface area contributed by atoms with Crippen molar-refractivity contribution >= 4 is 52.2 Å². The molecule has 0 atom stereocenters. The molecule has 0 spiro atoms. The van der Waals surface area contributed by atoms with Crippen LogP contribution < -0.4 is 60.0 Å². The van der Waals surface area contributed by atoms with Crippen molar-refractivity contribution < 1.29 is 44.3 Å². The van der Waals surface area contributed by atoms with Gasteiger partial charge in [-0.15, -0.1) is 0 Å². The van der Waals surface area contributed by atoms with Gasteiger partial charge < -0.3 is 35.2 Å². The summed E-state index contributed by atoms with van der Waals surface area (Å²) in [6.45, 7) is -0.00867. The van der Waals surface area contributed by atoms with Crippen molar-refractivity contribution in [1.82, 2.24) is 5.32 Å². The van der Waals surface area contributed by atoms with Gasteiger partial charge in [0.25, 0.3) is 5.91 Å². The Kier molecular flexibility index (Phi) is 8.60. The van der Waals surface area contributed by atoms with Gasteiger partial charge in [0.1, 0.15) is 6.09 Å². The first kappa shape index (κ1) is 26.7. The van der Waals surface area contributed by atoms with Crippen LogP contribution in [0.5, 0.6) is 0 Å². The van der Waals surface area contributed by atoms with Gasteiger partial charge in [-0.2, -0.15) is 0 Å². The molecule has 3 aromatic rings. The number of carbonyl (C=O) groups is 2. The Hall–Kier alpha value is -2.85. The predicted octanol–water partition coefficient (Wildman–Crippen LogP) is 0.568. The SMILES string of the molecule is CN(C)c1ccc2c(c1)Sc1c(ccc(N(C)C)c1C(=O)Nc1ccccc1)N2CNC(=O)[O-].[Na+]. The molecule has 0 radical (unpaired) electrons. The van der Waals surface area contributed by atoms with E-state index in [2.05, 4.69) is 10.6 Å². The molecule has 1 aliphatic heterocycles. The predicted molar refractivity (Wildman–Crippen MR) is 136 cm³/mol. The minimum absolute atomic E-state index is 0. The second kappa shape index (κ2) is 11.3. The van der Waals surface area contributed by atoms with Gasteiger partial charge in [0.15, 0.2) is 0 Å². The third-order valence-electron chi connectivity index (χ3n) is 5.49. The molecular formula is C25H26N5NaO3S. The number of amides is 2. The van der Waals surface area contributed by atoms with Crippen molar-refractivity contribution in [2.45, 2.75) is 9.79 Å². The Morgan fingerprint density at radius 3 is 2.26 bits per heavy atom. The van der Waals surface area contributed by atoms with Crippen LogP contribution in [0.15, 0.2) is 70.5 Å². The van der Waals surface area contributed by atoms with E-state index in [1.165, 1.54) is 11.8 Å². The number of fused-ring (bicyclic) bond motifs is 2. The van der Waals surface area contributed by atoms with Crippen LogP contribution >= 0.6 is 11.8 Å². The van der Waals surface area contributed by atoms with Crippen LogP contribution in [0.4, 0.5) is 33.2 Å². The Bertz CT molecular complexity index is 1240. The van der Waals surface area contributed by atoms with E-state index in [0.29, 0.717) is 11.3 Å². The number of nitrogens with zero attached hydrogens (tertiary/aromatic N) is 3. The van der Waals surface area contributed by atoms with Gasteiger partial charge in [-0.25, -0.2) is 0 Å². The topological polar surface area (TPSA) is 91.0 Å². The second-order valence-electron chi connectivity index (χ2n) is 8.22. The smallest absolute Gasteiger partial charge is 0.530 e. The van der Waals surface area contributed by atoms with E-state index in [1.807, 2.05) is 104 Å². The fraction of sp³-hybridized carbons (Fsp3) is 0.200. The number of carbonyl (C=O) groups excluding carboxylic acids is 2. The number of para-hydroxylation sites is 1. The molecule has 176 valence electrons. The summed E-state index contributed by atoms with van der Waals surface area (Å²) in [4.78, 5) is 32.2. The largest absolute Gasteiger partial charge is 1.00 e. The summed E-state index contributed by atoms with van der Waals surface area (Å²) in [6, 6.07) is 19.1. The molecule has 1 aliphatic rings. The molecule has 10 heteroatoms. The van der Waals surface area contributed by atoms with Crippen molar-refractivity contribution in [2.24, 2.45) is 0 Å². The van der Waals surface area contributed by atoms with Gasteiger partial charge in [-0.3, -0.25) is 4.79 Å². The zero-order valence-corrected chi connectivity index (χ0v) is 23.3. The van der Waals surface area contributed by atoms with Crippen LogP contribution in [0.1, 0.15) is 10.4 Å². The minimum Gasteiger partial charge on any atom is -0.530 e. The van der Waals surface area contributed by atoms with E-state index in [0.717, 1.165) is 32.5 Å². The van der Waals surface area contributed by atoms with Gasteiger partial charge >= 0.3 is 29.6 Å². The minimum atomic E-state index is -1.36. The molecule has 0 aromatic heterocycles. The third-order valence-corrected chi connectivity index (χ3v) is 6.65. The van der Waals surface area contributed by atoms with Crippen LogP contribution in [0.3, 0.4) is 0 Å². The van der Waals surface area contributed by atoms with E-state index in [-0.39, 0.29) is 42.1 Å². The number of rotatable bonds is 6. The average Bonchev–Trinajstić information content (AvgIpc) is 2.80. The van der Waals surface area contributed by atoms with E-state index in [9.17, 15) is 14.7 Å². The fourth-order valence-electron chi connectivity index (χ4n) is 3.82. The molecule has 2 N–H and O–H groups in total. The van der Waals surface area contributed by atoms with Gasteiger partial charge in [0.2, 0.25) is 0 Å². The number of benzene rings is 3. The molecule has 3 aromatic carbocycles. The maximum Gasteiger partial charge on any atom is 1.00 e. The molecule has 0 saturated heterocycles. The zero-order valence-electron chi connectivity index (χ0n) is 20.5. The number of hydrogen-bond acceptors (Lipinski definition) is 7. The quantitative estimate of drug-likeness (QED) is 0.479. The zero-order chi connectivity index (χ0) is 24.4. The van der Waals surface area contributed by atoms with Crippen molar-refractivity contribution in [2.75, 3.05) is 54.9 Å². The summed E-state index contributed by atoms with van der Waals surface area (Å²) in [7, 11) is 7.70.